The molecule has 1 amide bonds. The molecule has 0 aliphatic heterocycles. The van der Waals surface area contributed by atoms with Gasteiger partial charge in [-0.15, -0.1) is 11.3 Å². The zero-order chi connectivity index (χ0) is 27.0. The van der Waals surface area contributed by atoms with Crippen molar-refractivity contribution in [1.29, 1.82) is 0 Å². The third kappa shape index (κ3) is 7.62. The van der Waals surface area contributed by atoms with Gasteiger partial charge in [-0.3, -0.25) is 9.59 Å². The first-order valence-electron chi connectivity index (χ1n) is 11.9. The van der Waals surface area contributed by atoms with Crippen molar-refractivity contribution in [2.45, 2.75) is 33.2 Å². The van der Waals surface area contributed by atoms with Gasteiger partial charge in [0.15, 0.2) is 15.6 Å². The summed E-state index contributed by atoms with van der Waals surface area (Å²) in [6.07, 6.45) is 1.52. The molecule has 8 nitrogen and oxygen atoms in total. The van der Waals surface area contributed by atoms with Gasteiger partial charge < -0.3 is 14.4 Å². The van der Waals surface area contributed by atoms with E-state index in [1.165, 1.54) is 23.8 Å². The molecule has 1 heterocycles. The maximum absolute atomic E-state index is 13.7. The lowest BCUT2D eigenvalue weighted by Crippen LogP contribution is -2.32. The van der Waals surface area contributed by atoms with Gasteiger partial charge in [0.1, 0.15) is 28.0 Å². The summed E-state index contributed by atoms with van der Waals surface area (Å²) in [7, 11) is -0.374. The molecule has 0 N–H and O–H groups in total. The molecule has 0 spiro atoms. The summed E-state index contributed by atoms with van der Waals surface area (Å²) in [6, 6.07) is 13.4. The van der Waals surface area contributed by atoms with Gasteiger partial charge in [0.2, 0.25) is 0 Å². The van der Waals surface area contributed by atoms with E-state index in [-0.39, 0.29) is 23.9 Å². The van der Waals surface area contributed by atoms with Gasteiger partial charge in [0, 0.05) is 28.8 Å². The van der Waals surface area contributed by atoms with Gasteiger partial charge in [-0.1, -0.05) is 37.3 Å². The molecule has 0 saturated heterocycles. The van der Waals surface area contributed by atoms with Crippen LogP contribution in [-0.4, -0.2) is 62.3 Å². The van der Waals surface area contributed by atoms with Crippen LogP contribution in [-0.2, 0) is 22.8 Å². The van der Waals surface area contributed by atoms with Gasteiger partial charge in [0.25, 0.3) is 5.91 Å². The van der Waals surface area contributed by atoms with Gasteiger partial charge in [-0.05, 0) is 37.5 Å². The molecule has 1 aromatic heterocycles. The molecule has 0 atom stereocenters. The van der Waals surface area contributed by atoms with Crippen molar-refractivity contribution in [3.8, 4) is 11.5 Å². The number of Topliss-reactive ketones (excluding diaryl/α,β-unsaturated/α-hetero) is 1. The predicted molar refractivity (Wildman–Crippen MR) is 145 cm³/mol. The first kappa shape index (κ1) is 28.3. The fourth-order valence-corrected chi connectivity index (χ4v) is 5.38. The summed E-state index contributed by atoms with van der Waals surface area (Å²) >= 11 is 1.23. The number of carbonyl (C=O) groups is 2. The Morgan fingerprint density at radius 2 is 1.70 bits per heavy atom. The molecule has 3 aromatic rings. The second-order valence-corrected chi connectivity index (χ2v) is 11.8. The Balaban J connectivity index is 1.84. The molecule has 3 rings (SSSR count). The van der Waals surface area contributed by atoms with Gasteiger partial charge in [-0.25, -0.2) is 13.4 Å². The Labute approximate surface area is 222 Å². The number of aryl methyl sites for hydroxylation is 1. The van der Waals surface area contributed by atoms with Crippen LogP contribution >= 0.6 is 11.3 Å². The van der Waals surface area contributed by atoms with E-state index in [1.54, 1.807) is 36.6 Å². The number of amides is 1. The SMILES string of the molecule is CCS(=O)(=O)CC(=O)c1csc(CN(CCCc2ccccc2)C(=O)c2cc(OC)c(C)c(OC)c2)n1. The highest BCUT2D eigenvalue weighted by Crippen LogP contribution is 2.30. The molecule has 0 radical (unpaired) electrons. The van der Waals surface area contributed by atoms with E-state index in [4.69, 9.17) is 9.47 Å². The molecular formula is C27H32N2O6S2. The minimum absolute atomic E-state index is 0.104. The third-order valence-electron chi connectivity index (χ3n) is 5.98. The number of hydrogen-bond acceptors (Lipinski definition) is 8. The highest BCUT2D eigenvalue weighted by molar-refractivity contribution is 7.92. The Bertz CT molecular complexity index is 1310. The second kappa shape index (κ2) is 12.8. The summed E-state index contributed by atoms with van der Waals surface area (Å²) in [5.41, 5.74) is 2.49. The lowest BCUT2D eigenvalue weighted by atomic mass is 10.1. The zero-order valence-corrected chi connectivity index (χ0v) is 23.2. The average molecular weight is 545 g/mol. The summed E-state index contributed by atoms with van der Waals surface area (Å²) in [5, 5.41) is 2.10. The quantitative estimate of drug-likeness (QED) is 0.295. The molecule has 0 fully saturated rings. The smallest absolute Gasteiger partial charge is 0.254 e. The Kier molecular flexibility index (Phi) is 9.82. The Morgan fingerprint density at radius 3 is 2.30 bits per heavy atom. The van der Waals surface area contributed by atoms with Crippen molar-refractivity contribution in [2.75, 3.05) is 32.3 Å². The van der Waals surface area contributed by atoms with E-state index in [0.717, 1.165) is 18.4 Å². The molecule has 37 heavy (non-hydrogen) atoms. The highest BCUT2D eigenvalue weighted by atomic mass is 32.2. The molecule has 10 heteroatoms. The standard InChI is InChI=1S/C27H32N2O6S2/c1-5-37(32,33)18-23(30)22-17-36-26(28-22)16-29(13-9-12-20-10-7-6-8-11-20)27(31)21-14-24(34-3)19(2)25(15-21)35-4/h6-8,10-11,14-15,17H,5,9,12-13,16,18H2,1-4H3. The number of hydrogen-bond donors (Lipinski definition) is 0. The van der Waals surface area contributed by atoms with E-state index in [0.29, 0.717) is 28.6 Å². The zero-order valence-electron chi connectivity index (χ0n) is 21.5. The number of rotatable bonds is 13. The molecule has 0 aliphatic carbocycles. The monoisotopic (exact) mass is 544 g/mol. The molecule has 2 aromatic carbocycles. The number of nitrogens with zero attached hydrogens (tertiary/aromatic N) is 2. The van der Waals surface area contributed by atoms with Crippen LogP contribution < -0.4 is 9.47 Å². The van der Waals surface area contributed by atoms with E-state index in [1.807, 2.05) is 37.3 Å². The predicted octanol–water partition coefficient (Wildman–Crippen LogP) is 4.36. The van der Waals surface area contributed by atoms with Crippen LogP contribution in [0.4, 0.5) is 0 Å². The summed E-state index contributed by atoms with van der Waals surface area (Å²) in [6.45, 7) is 4.00. The molecule has 0 aliphatic rings. The minimum Gasteiger partial charge on any atom is -0.496 e. The van der Waals surface area contributed by atoms with Crippen LogP contribution in [0.3, 0.4) is 0 Å². The average Bonchev–Trinajstić information content (AvgIpc) is 3.37. The van der Waals surface area contributed by atoms with Crippen LogP contribution in [0.1, 0.15) is 50.3 Å². The highest BCUT2D eigenvalue weighted by Gasteiger charge is 2.23. The Morgan fingerprint density at radius 1 is 1.05 bits per heavy atom. The van der Waals surface area contributed by atoms with Crippen molar-refractivity contribution >= 4 is 32.9 Å². The first-order valence-corrected chi connectivity index (χ1v) is 14.6. The third-order valence-corrected chi connectivity index (χ3v) is 8.39. The van der Waals surface area contributed by atoms with E-state index >= 15 is 0 Å². The second-order valence-electron chi connectivity index (χ2n) is 8.55. The Hall–Kier alpha value is -3.24. The largest absolute Gasteiger partial charge is 0.496 e. The van der Waals surface area contributed by atoms with Crippen LogP contribution in [0, 0.1) is 6.92 Å². The number of ether oxygens (including phenoxy) is 2. The van der Waals surface area contributed by atoms with Crippen molar-refractivity contribution in [2.24, 2.45) is 0 Å². The van der Waals surface area contributed by atoms with E-state index in [2.05, 4.69) is 4.98 Å². The van der Waals surface area contributed by atoms with E-state index in [9.17, 15) is 18.0 Å². The number of ketones is 1. The number of benzene rings is 2. The molecular weight excluding hydrogens is 512 g/mol. The summed E-state index contributed by atoms with van der Waals surface area (Å²) in [4.78, 5) is 32.1. The van der Waals surface area contributed by atoms with Crippen LogP contribution in [0.2, 0.25) is 0 Å². The lowest BCUT2D eigenvalue weighted by Gasteiger charge is -2.23. The molecule has 0 bridgehead atoms. The normalized spacial score (nSPS) is 11.2. The molecule has 0 unspecified atom stereocenters. The van der Waals surface area contributed by atoms with Crippen LogP contribution in [0.15, 0.2) is 47.8 Å². The van der Waals surface area contributed by atoms with Crippen molar-refractivity contribution in [3.63, 3.8) is 0 Å². The number of sulfone groups is 1. The van der Waals surface area contributed by atoms with Crippen molar-refractivity contribution in [3.05, 3.63) is 75.2 Å². The molecule has 0 saturated carbocycles. The van der Waals surface area contributed by atoms with Gasteiger partial charge in [0.05, 0.1) is 20.8 Å². The summed E-state index contributed by atoms with van der Waals surface area (Å²) < 4.78 is 34.6. The van der Waals surface area contributed by atoms with Crippen LogP contribution in [0.5, 0.6) is 11.5 Å². The first-order chi connectivity index (χ1) is 17.7. The maximum Gasteiger partial charge on any atom is 0.254 e. The maximum atomic E-state index is 13.7. The minimum atomic E-state index is -3.46. The number of aromatic nitrogens is 1. The topological polar surface area (TPSA) is 103 Å². The van der Waals surface area contributed by atoms with Crippen molar-refractivity contribution < 1.29 is 27.5 Å². The number of carbonyl (C=O) groups excluding carboxylic acids is 2. The number of methoxy groups -OCH3 is 2. The van der Waals surface area contributed by atoms with Gasteiger partial charge in [-0.2, -0.15) is 0 Å². The lowest BCUT2D eigenvalue weighted by molar-refractivity contribution is 0.0740. The van der Waals surface area contributed by atoms with Gasteiger partial charge >= 0.3 is 0 Å². The fraction of sp³-hybridized carbons (Fsp3) is 0.370. The summed E-state index contributed by atoms with van der Waals surface area (Å²) in [5.74, 6) is -0.351. The molecule has 198 valence electrons. The van der Waals surface area contributed by atoms with Crippen LogP contribution in [0.25, 0.3) is 0 Å². The fourth-order valence-electron chi connectivity index (χ4n) is 3.81. The van der Waals surface area contributed by atoms with Crippen molar-refractivity contribution in [1.82, 2.24) is 9.88 Å². The number of thiazole rings is 1. The van der Waals surface area contributed by atoms with E-state index < -0.39 is 21.4 Å².